The quantitative estimate of drug-likeness (QED) is 0.444. The largest absolute Gasteiger partial charge is 0.355 e. The van der Waals surface area contributed by atoms with Crippen LogP contribution >= 0.6 is 0 Å². The zero-order valence-corrected chi connectivity index (χ0v) is 16.7. The average Bonchev–Trinajstić information content (AvgIpc) is 3.47. The maximum Gasteiger partial charge on any atom is 0.251 e. The summed E-state index contributed by atoms with van der Waals surface area (Å²) in [6.07, 6.45) is 4.51. The normalized spacial score (nSPS) is 11.0. The minimum absolute atomic E-state index is 0.127. The Balaban J connectivity index is 1.26. The smallest absolute Gasteiger partial charge is 0.251 e. The minimum Gasteiger partial charge on any atom is -0.355 e. The number of nitrogens with zero attached hydrogens (tertiary/aromatic N) is 3. The van der Waals surface area contributed by atoms with Gasteiger partial charge < -0.3 is 9.84 Å². The second kappa shape index (κ2) is 8.28. The molecular weight excluding hydrogens is 388 g/mol. The van der Waals surface area contributed by atoms with Crippen LogP contribution in [0.25, 0.3) is 27.9 Å². The molecule has 0 aliphatic carbocycles. The van der Waals surface area contributed by atoms with Crippen molar-refractivity contribution >= 4 is 16.8 Å². The summed E-state index contributed by atoms with van der Waals surface area (Å²) in [5, 5.41) is 12.3. The number of hydrogen-bond acceptors (Lipinski definition) is 4. The lowest BCUT2D eigenvalue weighted by atomic mass is 10.1. The lowest BCUT2D eigenvalue weighted by Gasteiger charge is -2.05. The molecule has 2 heterocycles. The lowest BCUT2D eigenvalue weighted by molar-refractivity contribution is 0.0954. The van der Waals surface area contributed by atoms with Crippen molar-refractivity contribution in [2.45, 2.75) is 6.42 Å². The first-order valence-electron chi connectivity index (χ1n) is 10.1. The number of rotatable bonds is 6. The number of carbonyl (C=O) groups excluding carboxylic acids is 1. The van der Waals surface area contributed by atoms with E-state index in [1.807, 2.05) is 89.9 Å². The predicted molar refractivity (Wildman–Crippen MR) is 119 cm³/mol. The van der Waals surface area contributed by atoms with Gasteiger partial charge in [0.1, 0.15) is 5.52 Å². The van der Waals surface area contributed by atoms with Crippen LogP contribution in [0, 0.1) is 0 Å². The van der Waals surface area contributed by atoms with Crippen LogP contribution in [-0.2, 0) is 6.42 Å². The van der Waals surface area contributed by atoms with Crippen LogP contribution in [0.15, 0.2) is 95.8 Å². The van der Waals surface area contributed by atoms with Gasteiger partial charge in [-0.25, -0.2) is 4.68 Å². The Morgan fingerprint density at radius 2 is 1.74 bits per heavy atom. The molecule has 31 heavy (non-hydrogen) atoms. The first-order valence-corrected chi connectivity index (χ1v) is 10.1. The van der Waals surface area contributed by atoms with E-state index in [1.54, 1.807) is 6.07 Å². The molecule has 3 aromatic carbocycles. The van der Waals surface area contributed by atoms with Gasteiger partial charge in [0.25, 0.3) is 5.91 Å². The number of para-hydroxylation sites is 1. The van der Waals surface area contributed by atoms with Gasteiger partial charge in [0.2, 0.25) is 0 Å². The van der Waals surface area contributed by atoms with E-state index in [9.17, 15) is 4.79 Å². The SMILES string of the molecule is O=C(NCCc1cnn(-c2ccccc2)c1)c1ccc2noc(-c3ccccc3)c2c1. The highest BCUT2D eigenvalue weighted by molar-refractivity contribution is 6.00. The third kappa shape index (κ3) is 3.96. The number of amides is 1. The fourth-order valence-electron chi connectivity index (χ4n) is 3.51. The van der Waals surface area contributed by atoms with E-state index in [4.69, 9.17) is 4.52 Å². The Labute approximate surface area is 179 Å². The minimum atomic E-state index is -0.127. The fraction of sp³-hybridized carbons (Fsp3) is 0.0800. The van der Waals surface area contributed by atoms with Crippen molar-refractivity contribution in [2.75, 3.05) is 6.54 Å². The lowest BCUT2D eigenvalue weighted by Crippen LogP contribution is -2.25. The molecule has 1 amide bonds. The topological polar surface area (TPSA) is 73.0 Å². The molecule has 2 aromatic heterocycles. The Kier molecular flexibility index (Phi) is 5.02. The monoisotopic (exact) mass is 408 g/mol. The molecular formula is C25H20N4O2. The Hall–Kier alpha value is -4.19. The van der Waals surface area contributed by atoms with Gasteiger partial charge in [0, 0.05) is 23.9 Å². The number of hydrogen-bond donors (Lipinski definition) is 1. The number of fused-ring (bicyclic) bond motifs is 1. The summed E-state index contributed by atoms with van der Waals surface area (Å²) in [5.74, 6) is 0.538. The summed E-state index contributed by atoms with van der Waals surface area (Å²) in [4.78, 5) is 12.7. The summed E-state index contributed by atoms with van der Waals surface area (Å²) in [7, 11) is 0. The first kappa shape index (κ1) is 18.8. The van der Waals surface area contributed by atoms with Crippen LogP contribution in [0.4, 0.5) is 0 Å². The van der Waals surface area contributed by atoms with Crippen molar-refractivity contribution in [3.05, 3.63) is 102 Å². The van der Waals surface area contributed by atoms with Gasteiger partial charge in [-0.2, -0.15) is 5.10 Å². The molecule has 0 bridgehead atoms. The molecule has 1 N–H and O–H groups in total. The van der Waals surface area contributed by atoms with Crippen LogP contribution in [-0.4, -0.2) is 27.4 Å². The maximum absolute atomic E-state index is 12.7. The summed E-state index contributed by atoms with van der Waals surface area (Å²) in [6.45, 7) is 0.520. The zero-order chi connectivity index (χ0) is 21.0. The summed E-state index contributed by atoms with van der Waals surface area (Å²) in [5.41, 5.74) is 4.30. The van der Waals surface area contributed by atoms with E-state index in [2.05, 4.69) is 15.6 Å². The third-order valence-electron chi connectivity index (χ3n) is 5.13. The molecule has 152 valence electrons. The zero-order valence-electron chi connectivity index (χ0n) is 16.7. The van der Waals surface area contributed by atoms with Gasteiger partial charge >= 0.3 is 0 Å². The predicted octanol–water partition coefficient (Wildman–Crippen LogP) is 4.65. The van der Waals surface area contributed by atoms with Gasteiger partial charge in [-0.15, -0.1) is 0 Å². The van der Waals surface area contributed by atoms with Crippen molar-refractivity contribution in [1.29, 1.82) is 0 Å². The molecule has 0 aliphatic rings. The van der Waals surface area contributed by atoms with Gasteiger partial charge in [0.05, 0.1) is 17.3 Å². The second-order valence-electron chi connectivity index (χ2n) is 7.24. The van der Waals surface area contributed by atoms with Crippen LogP contribution in [0.2, 0.25) is 0 Å². The van der Waals surface area contributed by atoms with Gasteiger partial charge in [0.15, 0.2) is 5.76 Å². The highest BCUT2D eigenvalue weighted by atomic mass is 16.5. The standard InChI is InChI=1S/C25H20N4O2/c30-25(26-14-13-18-16-27-29(17-18)21-9-5-2-6-10-21)20-11-12-23-22(15-20)24(31-28-23)19-7-3-1-4-8-19/h1-12,15-17H,13-14H2,(H,26,30). The van der Waals surface area contributed by atoms with E-state index in [-0.39, 0.29) is 5.91 Å². The van der Waals surface area contributed by atoms with E-state index in [0.29, 0.717) is 24.3 Å². The molecule has 0 unspecified atom stereocenters. The molecule has 0 fully saturated rings. The van der Waals surface area contributed by atoms with E-state index < -0.39 is 0 Å². The highest BCUT2D eigenvalue weighted by Gasteiger charge is 2.14. The van der Waals surface area contributed by atoms with Crippen LogP contribution < -0.4 is 5.32 Å². The first-order chi connectivity index (χ1) is 15.3. The van der Waals surface area contributed by atoms with Gasteiger partial charge in [-0.3, -0.25) is 4.79 Å². The molecule has 5 rings (SSSR count). The molecule has 0 spiro atoms. The fourth-order valence-corrected chi connectivity index (χ4v) is 3.51. The number of carbonyl (C=O) groups is 1. The molecule has 0 aliphatic heterocycles. The van der Waals surface area contributed by atoms with Crippen molar-refractivity contribution in [3.63, 3.8) is 0 Å². The Bertz CT molecular complexity index is 1320. The van der Waals surface area contributed by atoms with Crippen LogP contribution in [0.5, 0.6) is 0 Å². The van der Waals surface area contributed by atoms with Crippen LogP contribution in [0.1, 0.15) is 15.9 Å². The molecule has 0 saturated carbocycles. The number of aromatic nitrogens is 3. The third-order valence-corrected chi connectivity index (χ3v) is 5.13. The molecule has 0 atom stereocenters. The summed E-state index contributed by atoms with van der Waals surface area (Å²) >= 11 is 0. The van der Waals surface area contributed by atoms with E-state index in [0.717, 1.165) is 27.7 Å². The Morgan fingerprint density at radius 3 is 2.55 bits per heavy atom. The number of benzene rings is 3. The molecule has 6 heteroatoms. The van der Waals surface area contributed by atoms with Crippen molar-refractivity contribution in [2.24, 2.45) is 0 Å². The van der Waals surface area contributed by atoms with Gasteiger partial charge in [-0.05, 0) is 42.3 Å². The average molecular weight is 408 g/mol. The van der Waals surface area contributed by atoms with Crippen molar-refractivity contribution in [1.82, 2.24) is 20.3 Å². The molecule has 0 saturated heterocycles. The van der Waals surface area contributed by atoms with Crippen molar-refractivity contribution < 1.29 is 9.32 Å². The molecule has 5 aromatic rings. The number of nitrogens with one attached hydrogen (secondary N) is 1. The highest BCUT2D eigenvalue weighted by Crippen LogP contribution is 2.29. The molecule has 6 nitrogen and oxygen atoms in total. The van der Waals surface area contributed by atoms with Gasteiger partial charge in [-0.1, -0.05) is 53.7 Å². The van der Waals surface area contributed by atoms with Crippen molar-refractivity contribution in [3.8, 4) is 17.0 Å². The Morgan fingerprint density at radius 1 is 0.968 bits per heavy atom. The van der Waals surface area contributed by atoms with Crippen LogP contribution in [0.3, 0.4) is 0 Å². The molecule has 0 radical (unpaired) electrons. The summed E-state index contributed by atoms with van der Waals surface area (Å²) in [6, 6.07) is 25.1. The summed E-state index contributed by atoms with van der Waals surface area (Å²) < 4.78 is 7.36. The second-order valence-corrected chi connectivity index (χ2v) is 7.24. The van der Waals surface area contributed by atoms with E-state index >= 15 is 0 Å². The van der Waals surface area contributed by atoms with E-state index in [1.165, 1.54) is 0 Å². The maximum atomic E-state index is 12.7.